The van der Waals surface area contributed by atoms with Crippen LogP contribution in [0, 0.1) is 0 Å². The maximum absolute atomic E-state index is 12.8. The predicted molar refractivity (Wildman–Crippen MR) is 65.3 cm³/mol. The van der Waals surface area contributed by atoms with Gasteiger partial charge in [0.25, 0.3) is 0 Å². The Hall–Kier alpha value is -0.835. The Labute approximate surface area is 108 Å². The minimum Gasteiger partial charge on any atom is -0.495 e. The summed E-state index contributed by atoms with van der Waals surface area (Å²) in [6, 6.07) is 5.29. The average Bonchev–Trinajstić information content (AvgIpc) is 2.14. The van der Waals surface area contributed by atoms with Crippen molar-refractivity contribution in [1.82, 2.24) is 0 Å². The highest BCUT2D eigenvalue weighted by atomic mass is 35.5. The van der Waals surface area contributed by atoms with Crippen LogP contribution in [0.15, 0.2) is 18.2 Å². The lowest BCUT2D eigenvalue weighted by Crippen LogP contribution is -2.67. The van der Waals surface area contributed by atoms with Crippen molar-refractivity contribution >= 4 is 18.6 Å². The third-order valence-corrected chi connectivity index (χ3v) is 4.84. The van der Waals surface area contributed by atoms with E-state index in [9.17, 15) is 12.9 Å². The van der Waals surface area contributed by atoms with E-state index >= 15 is 0 Å². The number of methoxy groups -OCH3 is 1. The largest absolute Gasteiger partial charge is 0.495 e. The molecule has 0 radical (unpaired) electrons. The third-order valence-electron chi connectivity index (χ3n) is 4.53. The first kappa shape index (κ1) is 12.2. The van der Waals surface area contributed by atoms with E-state index in [0.717, 1.165) is 5.56 Å². The highest BCUT2D eigenvalue weighted by Gasteiger charge is 2.74. The smallest absolute Gasteiger partial charge is 0.484 e. The summed E-state index contributed by atoms with van der Waals surface area (Å²) in [4.78, 5) is 0. The Balaban J connectivity index is 1.85. The molecule has 2 bridgehead atoms. The third kappa shape index (κ3) is 1.37. The predicted octanol–water partition coefficient (Wildman–Crippen LogP) is 4.37. The zero-order valence-corrected chi connectivity index (χ0v) is 10.6. The maximum atomic E-state index is 12.8. The van der Waals surface area contributed by atoms with E-state index in [2.05, 4.69) is 0 Å². The van der Waals surface area contributed by atoms with E-state index in [-0.39, 0.29) is 24.7 Å². The van der Waals surface area contributed by atoms with E-state index < -0.39 is 12.3 Å². The maximum Gasteiger partial charge on any atom is 0.484 e. The van der Waals surface area contributed by atoms with Gasteiger partial charge in [0.1, 0.15) is 5.75 Å². The van der Waals surface area contributed by atoms with E-state index in [1.54, 1.807) is 12.1 Å². The lowest BCUT2D eigenvalue weighted by molar-refractivity contribution is -0.0401. The number of hydrogen-bond donors (Lipinski definition) is 0. The van der Waals surface area contributed by atoms with Crippen LogP contribution in [-0.2, 0) is 5.41 Å². The van der Waals surface area contributed by atoms with Crippen molar-refractivity contribution in [2.24, 2.45) is 0 Å². The minimum absolute atomic E-state index is 0.230. The summed E-state index contributed by atoms with van der Waals surface area (Å²) in [6.07, 6.45) is 0.691. The van der Waals surface area contributed by atoms with Gasteiger partial charge in [-0.15, -0.1) is 0 Å². The quantitative estimate of drug-likeness (QED) is 0.744. The Morgan fingerprint density at radius 2 is 1.83 bits per heavy atom. The molecular formula is C12H12BClF3O-. The molecule has 0 atom stereocenters. The Bertz CT molecular complexity index is 495. The van der Waals surface area contributed by atoms with Crippen molar-refractivity contribution in [2.75, 3.05) is 7.11 Å². The van der Waals surface area contributed by atoms with Gasteiger partial charge in [0.05, 0.1) is 12.1 Å². The number of ether oxygens (including phenoxy) is 1. The summed E-state index contributed by atoms with van der Waals surface area (Å²) in [6.45, 7) is -4.71. The second kappa shape index (κ2) is 3.38. The first-order valence-electron chi connectivity index (χ1n) is 5.85. The normalized spacial score (nSPS) is 33.6. The van der Waals surface area contributed by atoms with Crippen molar-refractivity contribution in [3.63, 3.8) is 0 Å². The first-order chi connectivity index (χ1) is 8.32. The van der Waals surface area contributed by atoms with Crippen molar-refractivity contribution in [1.29, 1.82) is 0 Å². The molecule has 6 heteroatoms. The van der Waals surface area contributed by atoms with Gasteiger partial charge in [-0.2, -0.15) is 0 Å². The minimum atomic E-state index is -4.71. The zero-order valence-electron chi connectivity index (χ0n) is 9.85. The standard InChI is InChI=1S/C12H12BClF3O/c1-18-10-4-8(2-3-9(10)14)11-5-12(6-11,7-11)13(15,16)17/h2-4H,5-7H2,1H3/q-1. The summed E-state index contributed by atoms with van der Waals surface area (Å²) in [5.74, 6) is 0.533. The number of hydrogen-bond acceptors (Lipinski definition) is 1. The number of rotatable bonds is 3. The van der Waals surface area contributed by atoms with Gasteiger partial charge in [0.15, 0.2) is 0 Å². The van der Waals surface area contributed by atoms with Crippen molar-refractivity contribution in [3.05, 3.63) is 28.8 Å². The molecule has 0 unspecified atom stereocenters. The second-order valence-electron chi connectivity index (χ2n) is 5.60. The molecule has 0 heterocycles. The second-order valence-corrected chi connectivity index (χ2v) is 6.00. The van der Waals surface area contributed by atoms with Crippen LogP contribution in [0.2, 0.25) is 10.3 Å². The van der Waals surface area contributed by atoms with Gasteiger partial charge in [-0.25, -0.2) is 0 Å². The molecule has 3 aliphatic carbocycles. The summed E-state index contributed by atoms with van der Waals surface area (Å²) in [7, 11) is 1.51. The molecule has 0 N–H and O–H groups in total. The fraction of sp³-hybridized carbons (Fsp3) is 0.500. The van der Waals surface area contributed by atoms with Gasteiger partial charge < -0.3 is 17.7 Å². The molecular weight excluding hydrogens is 263 g/mol. The number of benzene rings is 1. The molecule has 1 aromatic rings. The Kier molecular flexibility index (Phi) is 2.29. The van der Waals surface area contributed by atoms with E-state index in [1.165, 1.54) is 7.11 Å². The molecule has 0 aromatic heterocycles. The molecule has 0 aliphatic heterocycles. The topological polar surface area (TPSA) is 9.23 Å². The van der Waals surface area contributed by atoms with Crippen LogP contribution >= 0.6 is 11.6 Å². The summed E-state index contributed by atoms with van der Waals surface area (Å²) in [5, 5.41) is -0.866. The Morgan fingerprint density at radius 3 is 2.33 bits per heavy atom. The van der Waals surface area contributed by atoms with Crippen LogP contribution in [0.5, 0.6) is 5.75 Å². The molecule has 4 rings (SSSR count). The van der Waals surface area contributed by atoms with Crippen LogP contribution in [0.3, 0.4) is 0 Å². The number of halogens is 4. The molecule has 3 fully saturated rings. The molecule has 1 aromatic carbocycles. The highest BCUT2D eigenvalue weighted by Crippen LogP contribution is 2.82. The molecule has 1 nitrogen and oxygen atoms in total. The molecule has 0 spiro atoms. The van der Waals surface area contributed by atoms with E-state index in [0.29, 0.717) is 10.8 Å². The average molecular weight is 275 g/mol. The first-order valence-corrected chi connectivity index (χ1v) is 6.23. The van der Waals surface area contributed by atoms with Crippen LogP contribution in [0.4, 0.5) is 12.9 Å². The van der Waals surface area contributed by atoms with Crippen LogP contribution in [0.1, 0.15) is 24.8 Å². The van der Waals surface area contributed by atoms with Gasteiger partial charge in [0, 0.05) is 0 Å². The molecule has 0 amide bonds. The summed E-state index contributed by atoms with van der Waals surface area (Å²) < 4.78 is 43.6. The van der Waals surface area contributed by atoms with Crippen LogP contribution in [-0.4, -0.2) is 14.1 Å². The van der Waals surface area contributed by atoms with Gasteiger partial charge in [-0.1, -0.05) is 42.2 Å². The summed E-state index contributed by atoms with van der Waals surface area (Å²) in [5.41, 5.74) is 0.639. The fourth-order valence-electron chi connectivity index (χ4n) is 3.51. The van der Waals surface area contributed by atoms with Gasteiger partial charge >= 0.3 is 6.98 Å². The van der Waals surface area contributed by atoms with Crippen LogP contribution in [0.25, 0.3) is 0 Å². The molecule has 18 heavy (non-hydrogen) atoms. The SMILES string of the molecule is COc1cc(C23CC([B-](F)(F)F)(C2)C3)ccc1Cl. The Morgan fingerprint density at radius 1 is 1.22 bits per heavy atom. The molecule has 0 saturated heterocycles. The summed E-state index contributed by atoms with van der Waals surface area (Å²) >= 11 is 5.92. The van der Waals surface area contributed by atoms with E-state index in [1.807, 2.05) is 6.07 Å². The fourth-order valence-corrected chi connectivity index (χ4v) is 3.70. The van der Waals surface area contributed by atoms with Gasteiger partial charge in [-0.3, -0.25) is 0 Å². The molecule has 3 aliphatic rings. The van der Waals surface area contributed by atoms with E-state index in [4.69, 9.17) is 16.3 Å². The zero-order chi connectivity index (χ0) is 13.2. The lowest BCUT2D eigenvalue weighted by Gasteiger charge is -2.75. The van der Waals surface area contributed by atoms with Gasteiger partial charge in [0.2, 0.25) is 0 Å². The van der Waals surface area contributed by atoms with Crippen molar-refractivity contribution < 1.29 is 17.7 Å². The van der Waals surface area contributed by atoms with Crippen molar-refractivity contribution in [3.8, 4) is 5.75 Å². The van der Waals surface area contributed by atoms with Crippen molar-refractivity contribution in [2.45, 2.75) is 30.0 Å². The molecule has 98 valence electrons. The molecule has 3 saturated carbocycles. The van der Waals surface area contributed by atoms with Crippen LogP contribution < -0.4 is 4.74 Å². The van der Waals surface area contributed by atoms with Gasteiger partial charge in [-0.05, 0) is 23.1 Å². The highest BCUT2D eigenvalue weighted by molar-refractivity contribution is 6.63. The monoisotopic (exact) mass is 275 g/mol. The lowest BCUT2D eigenvalue weighted by atomic mass is 9.23.